The van der Waals surface area contributed by atoms with Gasteiger partial charge in [0.05, 0.1) is 12.6 Å². The second-order valence-electron chi connectivity index (χ2n) is 5.12. The Balaban J connectivity index is 2.39. The Morgan fingerprint density at radius 3 is 2.62 bits per heavy atom. The van der Waals surface area contributed by atoms with E-state index in [1.54, 1.807) is 0 Å². The molecule has 0 radical (unpaired) electrons. The van der Waals surface area contributed by atoms with Crippen LogP contribution in [0, 0.1) is 0 Å². The molecule has 0 saturated carbocycles. The Morgan fingerprint density at radius 1 is 1.21 bits per heavy atom. The highest BCUT2D eigenvalue weighted by atomic mass is 16.7. The van der Waals surface area contributed by atoms with Crippen molar-refractivity contribution in [3.05, 3.63) is 35.9 Å². The van der Waals surface area contributed by atoms with Crippen molar-refractivity contribution in [2.45, 2.75) is 32.4 Å². The van der Waals surface area contributed by atoms with Gasteiger partial charge in [0, 0.05) is 13.0 Å². The van der Waals surface area contributed by atoms with Gasteiger partial charge in [-0.05, 0) is 18.9 Å². The fourth-order valence-corrected chi connectivity index (χ4v) is 1.88. The van der Waals surface area contributed by atoms with Crippen LogP contribution in [0.3, 0.4) is 0 Å². The summed E-state index contributed by atoms with van der Waals surface area (Å²) in [5.41, 5.74) is 0.882. The molecule has 0 heterocycles. The van der Waals surface area contributed by atoms with Gasteiger partial charge in [0.15, 0.2) is 5.78 Å². The summed E-state index contributed by atoms with van der Waals surface area (Å²) in [6, 6.07) is 8.92. The zero-order valence-corrected chi connectivity index (χ0v) is 13.9. The van der Waals surface area contributed by atoms with Crippen molar-refractivity contribution < 1.29 is 28.9 Å². The summed E-state index contributed by atoms with van der Waals surface area (Å²) in [7, 11) is 0. The zero-order chi connectivity index (χ0) is 17.6. The minimum absolute atomic E-state index is 0.113. The molecule has 1 aromatic rings. The van der Waals surface area contributed by atoms with Crippen LogP contribution in [0.15, 0.2) is 30.3 Å². The molecule has 0 aliphatic rings. The molecule has 0 spiro atoms. The number of aliphatic hydroxyl groups is 1. The normalized spacial score (nSPS) is 11.8. The van der Waals surface area contributed by atoms with Gasteiger partial charge in [-0.25, -0.2) is 4.79 Å². The largest absolute Gasteiger partial charge is 0.445 e. The second kappa shape index (κ2) is 12.5. The van der Waals surface area contributed by atoms with Crippen LogP contribution in [0.25, 0.3) is 0 Å². The fourth-order valence-electron chi connectivity index (χ4n) is 1.88. The lowest BCUT2D eigenvalue weighted by Crippen LogP contribution is -2.39. The highest BCUT2D eigenvalue weighted by Crippen LogP contribution is 2.03. The van der Waals surface area contributed by atoms with E-state index in [9.17, 15) is 9.59 Å². The summed E-state index contributed by atoms with van der Waals surface area (Å²) in [4.78, 5) is 23.1. The third-order valence-corrected chi connectivity index (χ3v) is 3.17. The summed E-state index contributed by atoms with van der Waals surface area (Å²) in [5.74, 6) is -0.288. The number of Topliss-reactive ketones (excluding diaryl/α,β-unsaturated/α-hetero) is 1. The summed E-state index contributed by atoms with van der Waals surface area (Å²) in [6.07, 6.45) is -0.0790. The van der Waals surface area contributed by atoms with E-state index in [0.29, 0.717) is 13.0 Å². The van der Waals surface area contributed by atoms with E-state index in [-0.39, 0.29) is 32.2 Å². The molecule has 0 aliphatic carbocycles. The van der Waals surface area contributed by atoms with Gasteiger partial charge in [-0.1, -0.05) is 30.3 Å². The van der Waals surface area contributed by atoms with Crippen molar-refractivity contribution in [2.24, 2.45) is 0 Å². The van der Waals surface area contributed by atoms with Gasteiger partial charge < -0.3 is 24.6 Å². The van der Waals surface area contributed by atoms with Gasteiger partial charge >= 0.3 is 6.09 Å². The van der Waals surface area contributed by atoms with Crippen LogP contribution in [-0.4, -0.2) is 49.6 Å². The molecular formula is C17H25NO6. The molecule has 2 N–H and O–H groups in total. The van der Waals surface area contributed by atoms with Gasteiger partial charge in [0.1, 0.15) is 20.0 Å². The first-order valence-corrected chi connectivity index (χ1v) is 7.91. The highest BCUT2D eigenvalue weighted by Gasteiger charge is 2.15. The maximum Gasteiger partial charge on any atom is 0.407 e. The van der Waals surface area contributed by atoms with Crippen molar-refractivity contribution in [3.63, 3.8) is 0 Å². The van der Waals surface area contributed by atoms with Crippen molar-refractivity contribution >= 4 is 11.9 Å². The average molecular weight is 339 g/mol. The first kappa shape index (κ1) is 20.1. The van der Waals surface area contributed by atoms with E-state index in [1.807, 2.05) is 37.3 Å². The summed E-state index contributed by atoms with van der Waals surface area (Å²) >= 11 is 0. The molecule has 1 atom stereocenters. The van der Waals surface area contributed by atoms with Crippen LogP contribution in [-0.2, 0) is 25.6 Å². The molecule has 24 heavy (non-hydrogen) atoms. The quantitative estimate of drug-likeness (QED) is 0.444. The van der Waals surface area contributed by atoms with Crippen LogP contribution in [0.2, 0.25) is 0 Å². The van der Waals surface area contributed by atoms with Crippen molar-refractivity contribution in [3.8, 4) is 0 Å². The SMILES string of the molecule is CCOCOC[C@H](CCC(=O)CO)NC(=O)OCc1ccccc1. The molecule has 1 amide bonds. The maximum absolute atomic E-state index is 11.9. The van der Waals surface area contributed by atoms with Crippen molar-refractivity contribution in [1.82, 2.24) is 5.32 Å². The number of ketones is 1. The van der Waals surface area contributed by atoms with Gasteiger partial charge in [-0.15, -0.1) is 0 Å². The van der Waals surface area contributed by atoms with Gasteiger partial charge in [0.2, 0.25) is 0 Å². The Kier molecular flexibility index (Phi) is 10.4. The smallest absolute Gasteiger partial charge is 0.407 e. The second-order valence-corrected chi connectivity index (χ2v) is 5.12. The summed E-state index contributed by atoms with van der Waals surface area (Å²) in [6.45, 7) is 2.33. The maximum atomic E-state index is 11.9. The van der Waals surface area contributed by atoms with Gasteiger partial charge in [0.25, 0.3) is 0 Å². The molecule has 0 fully saturated rings. The molecule has 0 saturated heterocycles. The number of carbonyl (C=O) groups excluding carboxylic acids is 2. The van der Waals surface area contributed by atoms with Crippen LogP contribution < -0.4 is 5.32 Å². The number of benzene rings is 1. The van der Waals surface area contributed by atoms with Crippen molar-refractivity contribution in [2.75, 3.05) is 26.6 Å². The number of hydrogen-bond donors (Lipinski definition) is 2. The highest BCUT2D eigenvalue weighted by molar-refractivity contribution is 5.79. The molecule has 1 rings (SSSR count). The number of carbonyl (C=O) groups is 2. The van der Waals surface area contributed by atoms with E-state index in [2.05, 4.69) is 5.32 Å². The fraction of sp³-hybridized carbons (Fsp3) is 0.529. The summed E-state index contributed by atoms with van der Waals surface area (Å²) < 4.78 is 15.5. The van der Waals surface area contributed by atoms with Crippen LogP contribution in [0.1, 0.15) is 25.3 Å². The molecule has 0 bridgehead atoms. The first-order valence-electron chi connectivity index (χ1n) is 7.91. The molecule has 7 nitrogen and oxygen atoms in total. The number of alkyl carbamates (subject to hydrolysis) is 1. The number of nitrogens with one attached hydrogen (secondary N) is 1. The first-order chi connectivity index (χ1) is 11.7. The number of aliphatic hydroxyl groups excluding tert-OH is 1. The molecule has 7 heteroatoms. The summed E-state index contributed by atoms with van der Waals surface area (Å²) in [5, 5.41) is 11.4. The van der Waals surface area contributed by atoms with E-state index in [4.69, 9.17) is 19.3 Å². The van der Waals surface area contributed by atoms with Crippen LogP contribution in [0.4, 0.5) is 4.79 Å². The van der Waals surface area contributed by atoms with E-state index in [1.165, 1.54) is 0 Å². The Morgan fingerprint density at radius 2 is 1.96 bits per heavy atom. The van der Waals surface area contributed by atoms with Gasteiger partial charge in [-0.2, -0.15) is 0 Å². The molecule has 0 unspecified atom stereocenters. The topological polar surface area (TPSA) is 94.1 Å². The Labute approximate surface area is 141 Å². The lowest BCUT2D eigenvalue weighted by Gasteiger charge is -2.18. The molecular weight excluding hydrogens is 314 g/mol. The lowest BCUT2D eigenvalue weighted by atomic mass is 10.1. The monoisotopic (exact) mass is 339 g/mol. The number of hydrogen-bond acceptors (Lipinski definition) is 6. The Hall–Kier alpha value is -1.96. The predicted molar refractivity (Wildman–Crippen MR) is 87.3 cm³/mol. The average Bonchev–Trinajstić information content (AvgIpc) is 2.61. The minimum Gasteiger partial charge on any atom is -0.445 e. The number of amides is 1. The zero-order valence-electron chi connectivity index (χ0n) is 13.9. The van der Waals surface area contributed by atoms with Crippen LogP contribution in [0.5, 0.6) is 0 Å². The molecule has 134 valence electrons. The van der Waals surface area contributed by atoms with E-state index >= 15 is 0 Å². The molecule has 0 aromatic heterocycles. The number of rotatable bonds is 12. The standard InChI is InChI=1S/C17H25NO6/c1-2-22-13-23-12-15(8-9-16(20)10-19)18-17(21)24-11-14-6-4-3-5-7-14/h3-7,15,19H,2,8-13H2,1H3,(H,18,21)/t15-/m0/s1. The van der Waals surface area contributed by atoms with Gasteiger partial charge in [-0.3, -0.25) is 4.79 Å². The van der Waals surface area contributed by atoms with Crippen molar-refractivity contribution in [1.29, 1.82) is 0 Å². The van der Waals surface area contributed by atoms with E-state index < -0.39 is 18.7 Å². The van der Waals surface area contributed by atoms with E-state index in [0.717, 1.165) is 5.56 Å². The molecule has 1 aromatic carbocycles. The minimum atomic E-state index is -0.583. The number of ether oxygens (including phenoxy) is 3. The van der Waals surface area contributed by atoms with Crippen LogP contribution >= 0.6 is 0 Å². The Bertz CT molecular complexity index is 479. The third kappa shape index (κ3) is 9.24. The predicted octanol–water partition coefficient (Wildman–Crippen LogP) is 1.63. The lowest BCUT2D eigenvalue weighted by molar-refractivity contribution is -0.122. The molecule has 0 aliphatic heterocycles. The third-order valence-electron chi connectivity index (χ3n) is 3.17.